The Balaban J connectivity index is 1.55. The highest BCUT2D eigenvalue weighted by molar-refractivity contribution is 7.99. The van der Waals surface area contributed by atoms with Crippen molar-refractivity contribution >= 4 is 17.7 Å². The Morgan fingerprint density at radius 3 is 2.84 bits per heavy atom. The highest BCUT2D eigenvalue weighted by atomic mass is 32.2. The Labute approximate surface area is 155 Å². The number of halogens is 1. The number of rotatable bonds is 9. The van der Waals surface area contributed by atoms with Gasteiger partial charge in [-0.3, -0.25) is 4.99 Å². The molecule has 0 saturated carbocycles. The van der Waals surface area contributed by atoms with E-state index in [4.69, 9.17) is 0 Å². The van der Waals surface area contributed by atoms with Gasteiger partial charge in [-0.15, -0.1) is 11.8 Å². The minimum Gasteiger partial charge on any atom is -0.356 e. The maximum atomic E-state index is 12.9. The largest absolute Gasteiger partial charge is 0.356 e. The molecule has 25 heavy (non-hydrogen) atoms. The van der Waals surface area contributed by atoms with Gasteiger partial charge in [0.05, 0.1) is 0 Å². The van der Waals surface area contributed by atoms with E-state index in [1.165, 1.54) is 44.6 Å². The molecule has 0 radical (unpaired) electrons. The fourth-order valence-electron chi connectivity index (χ4n) is 3.06. The fraction of sp³-hybridized carbons (Fsp3) is 0.632. The van der Waals surface area contributed by atoms with Crippen molar-refractivity contribution in [3.63, 3.8) is 0 Å². The SMILES string of the molecule is CCCN1CCC(CNC(=NC)NCCCSc2ccc(F)cc2)C1. The van der Waals surface area contributed by atoms with Crippen LogP contribution in [0.15, 0.2) is 34.2 Å². The summed E-state index contributed by atoms with van der Waals surface area (Å²) < 4.78 is 12.9. The Kier molecular flexibility index (Phi) is 9.11. The van der Waals surface area contributed by atoms with E-state index in [0.29, 0.717) is 0 Å². The van der Waals surface area contributed by atoms with Gasteiger partial charge in [-0.2, -0.15) is 0 Å². The van der Waals surface area contributed by atoms with Gasteiger partial charge in [0.1, 0.15) is 5.82 Å². The van der Waals surface area contributed by atoms with Crippen LogP contribution in [0.2, 0.25) is 0 Å². The molecule has 1 aliphatic heterocycles. The number of nitrogens with zero attached hydrogens (tertiary/aromatic N) is 2. The zero-order valence-electron chi connectivity index (χ0n) is 15.4. The Hall–Kier alpha value is -1.27. The first-order valence-electron chi connectivity index (χ1n) is 9.26. The second kappa shape index (κ2) is 11.4. The molecule has 0 amide bonds. The smallest absolute Gasteiger partial charge is 0.190 e. The average Bonchev–Trinajstić information content (AvgIpc) is 3.07. The molecule has 2 rings (SSSR count). The standard InChI is InChI=1S/C19H31FN4S/c1-3-11-24-12-9-16(15-24)14-23-19(21-2)22-10-4-13-25-18-7-5-17(20)6-8-18/h5-8,16H,3-4,9-15H2,1-2H3,(H2,21,22,23). The molecule has 140 valence electrons. The van der Waals surface area contributed by atoms with Gasteiger partial charge in [0.25, 0.3) is 0 Å². The van der Waals surface area contributed by atoms with Crippen molar-refractivity contribution < 1.29 is 4.39 Å². The molecule has 1 atom stereocenters. The van der Waals surface area contributed by atoms with E-state index in [9.17, 15) is 4.39 Å². The number of guanidine groups is 1. The van der Waals surface area contributed by atoms with E-state index in [1.54, 1.807) is 11.8 Å². The van der Waals surface area contributed by atoms with Gasteiger partial charge < -0.3 is 15.5 Å². The minimum atomic E-state index is -0.180. The molecule has 1 saturated heterocycles. The van der Waals surface area contributed by atoms with Crippen LogP contribution in [-0.4, -0.2) is 56.4 Å². The molecule has 2 N–H and O–H groups in total. The van der Waals surface area contributed by atoms with Gasteiger partial charge in [0.15, 0.2) is 5.96 Å². The number of nitrogens with one attached hydrogen (secondary N) is 2. The lowest BCUT2D eigenvalue weighted by molar-refractivity contribution is 0.324. The summed E-state index contributed by atoms with van der Waals surface area (Å²) in [5.41, 5.74) is 0. The Morgan fingerprint density at radius 2 is 2.12 bits per heavy atom. The molecule has 1 unspecified atom stereocenters. The summed E-state index contributed by atoms with van der Waals surface area (Å²) in [5, 5.41) is 6.83. The molecule has 0 bridgehead atoms. The average molecular weight is 367 g/mol. The number of hydrogen-bond acceptors (Lipinski definition) is 3. The second-order valence-corrected chi connectivity index (χ2v) is 7.66. The third kappa shape index (κ3) is 7.65. The molecule has 1 aromatic rings. The van der Waals surface area contributed by atoms with Crippen LogP contribution in [0.5, 0.6) is 0 Å². The number of aliphatic imine (C=N–C) groups is 1. The highest BCUT2D eigenvalue weighted by Gasteiger charge is 2.21. The summed E-state index contributed by atoms with van der Waals surface area (Å²) in [6.45, 7) is 7.77. The highest BCUT2D eigenvalue weighted by Crippen LogP contribution is 2.18. The first-order valence-corrected chi connectivity index (χ1v) is 10.2. The van der Waals surface area contributed by atoms with E-state index in [1.807, 2.05) is 19.2 Å². The summed E-state index contributed by atoms with van der Waals surface area (Å²) in [6, 6.07) is 6.68. The number of hydrogen-bond donors (Lipinski definition) is 2. The fourth-order valence-corrected chi connectivity index (χ4v) is 3.91. The third-order valence-electron chi connectivity index (χ3n) is 4.39. The van der Waals surface area contributed by atoms with E-state index in [0.717, 1.165) is 42.0 Å². The van der Waals surface area contributed by atoms with Crippen LogP contribution in [0.1, 0.15) is 26.2 Å². The molecule has 1 fully saturated rings. The molecular weight excluding hydrogens is 335 g/mol. The maximum Gasteiger partial charge on any atom is 0.190 e. The van der Waals surface area contributed by atoms with E-state index >= 15 is 0 Å². The molecule has 0 aliphatic carbocycles. The summed E-state index contributed by atoms with van der Waals surface area (Å²) in [7, 11) is 1.82. The lowest BCUT2D eigenvalue weighted by atomic mass is 10.1. The monoisotopic (exact) mass is 366 g/mol. The maximum absolute atomic E-state index is 12.9. The minimum absolute atomic E-state index is 0.180. The van der Waals surface area contributed by atoms with Crippen molar-refractivity contribution in [2.75, 3.05) is 45.5 Å². The molecule has 0 spiro atoms. The van der Waals surface area contributed by atoms with Crippen molar-refractivity contribution in [1.29, 1.82) is 0 Å². The summed E-state index contributed by atoms with van der Waals surface area (Å²) in [4.78, 5) is 7.97. The van der Waals surface area contributed by atoms with Crippen LogP contribution in [0.3, 0.4) is 0 Å². The van der Waals surface area contributed by atoms with Gasteiger partial charge in [-0.05, 0) is 68.3 Å². The zero-order valence-corrected chi connectivity index (χ0v) is 16.2. The van der Waals surface area contributed by atoms with Crippen molar-refractivity contribution in [3.05, 3.63) is 30.1 Å². The van der Waals surface area contributed by atoms with Crippen LogP contribution in [0.4, 0.5) is 4.39 Å². The molecule has 1 aromatic carbocycles. The van der Waals surface area contributed by atoms with E-state index in [-0.39, 0.29) is 5.82 Å². The predicted octanol–water partition coefficient (Wildman–Crippen LogP) is 3.20. The van der Waals surface area contributed by atoms with E-state index in [2.05, 4.69) is 27.4 Å². The third-order valence-corrected chi connectivity index (χ3v) is 5.49. The zero-order chi connectivity index (χ0) is 17.9. The summed E-state index contributed by atoms with van der Waals surface area (Å²) >= 11 is 1.75. The van der Waals surface area contributed by atoms with Gasteiger partial charge >= 0.3 is 0 Å². The normalized spacial score (nSPS) is 18.5. The van der Waals surface area contributed by atoms with Gasteiger partial charge in [0, 0.05) is 31.6 Å². The van der Waals surface area contributed by atoms with E-state index < -0.39 is 0 Å². The van der Waals surface area contributed by atoms with Crippen molar-refractivity contribution in [1.82, 2.24) is 15.5 Å². The van der Waals surface area contributed by atoms with Crippen molar-refractivity contribution in [2.24, 2.45) is 10.9 Å². The van der Waals surface area contributed by atoms with Gasteiger partial charge in [-0.25, -0.2) is 4.39 Å². The van der Waals surface area contributed by atoms with Gasteiger partial charge in [0.2, 0.25) is 0 Å². The van der Waals surface area contributed by atoms with Crippen LogP contribution < -0.4 is 10.6 Å². The second-order valence-electron chi connectivity index (χ2n) is 6.49. The Bertz CT molecular complexity index is 521. The van der Waals surface area contributed by atoms with Crippen LogP contribution in [-0.2, 0) is 0 Å². The van der Waals surface area contributed by atoms with Crippen molar-refractivity contribution in [3.8, 4) is 0 Å². The topological polar surface area (TPSA) is 39.7 Å². The van der Waals surface area contributed by atoms with Crippen LogP contribution in [0, 0.1) is 11.7 Å². The predicted molar refractivity (Wildman–Crippen MR) is 106 cm³/mol. The van der Waals surface area contributed by atoms with Crippen LogP contribution >= 0.6 is 11.8 Å². The van der Waals surface area contributed by atoms with Crippen LogP contribution in [0.25, 0.3) is 0 Å². The molecule has 4 nitrogen and oxygen atoms in total. The van der Waals surface area contributed by atoms with Gasteiger partial charge in [-0.1, -0.05) is 6.92 Å². The molecule has 1 heterocycles. The molecule has 6 heteroatoms. The molecule has 1 aliphatic rings. The summed E-state index contributed by atoms with van der Waals surface area (Å²) in [6.07, 6.45) is 3.55. The number of benzene rings is 1. The first-order chi connectivity index (χ1) is 12.2. The lowest BCUT2D eigenvalue weighted by Crippen LogP contribution is -2.40. The molecular formula is C19H31FN4S. The quantitative estimate of drug-likeness (QED) is 0.305. The number of thioether (sulfide) groups is 1. The molecule has 0 aromatic heterocycles. The first kappa shape index (κ1) is 20.0. The van der Waals surface area contributed by atoms with Crippen molar-refractivity contribution in [2.45, 2.75) is 31.1 Å². The Morgan fingerprint density at radius 1 is 1.32 bits per heavy atom. The summed E-state index contributed by atoms with van der Waals surface area (Å²) in [5.74, 6) is 2.44. The lowest BCUT2D eigenvalue weighted by Gasteiger charge is -2.17. The number of likely N-dealkylation sites (tertiary alicyclic amines) is 1.